The van der Waals surface area contributed by atoms with Crippen LogP contribution < -0.4 is 10.2 Å². The van der Waals surface area contributed by atoms with Crippen molar-refractivity contribution in [3.8, 4) is 5.82 Å². The van der Waals surface area contributed by atoms with Crippen molar-refractivity contribution in [2.24, 2.45) is 17.8 Å². The number of aliphatic hydroxyl groups is 1. The molecule has 5 aliphatic rings. The zero-order valence-electron chi connectivity index (χ0n) is 20.0. The average Bonchev–Trinajstić information content (AvgIpc) is 3.26. The first kappa shape index (κ1) is 22.4. The smallest absolute Gasteiger partial charge is 0.296 e. The number of hydrogen-bond donors (Lipinski definition) is 2. The summed E-state index contributed by atoms with van der Waals surface area (Å²) in [4.78, 5) is 15.9. The van der Waals surface area contributed by atoms with E-state index in [1.54, 1.807) is 24.3 Å². The number of benzene rings is 1. The predicted octanol–water partition coefficient (Wildman–Crippen LogP) is 3.94. The molecular weight excluding hydrogens is 466 g/mol. The monoisotopic (exact) mass is 496 g/mol. The summed E-state index contributed by atoms with van der Waals surface area (Å²) in [7, 11) is 0. The van der Waals surface area contributed by atoms with Gasteiger partial charge >= 0.3 is 0 Å². The third-order valence-corrected chi connectivity index (χ3v) is 8.56. The van der Waals surface area contributed by atoms with Gasteiger partial charge in [0.15, 0.2) is 5.82 Å². The number of nitrogens with zero attached hydrogens (tertiary/aromatic N) is 5. The molecular formula is C26H30F2N6O2. The number of morpholine rings is 1. The van der Waals surface area contributed by atoms with Crippen molar-refractivity contribution in [1.29, 1.82) is 0 Å². The highest BCUT2D eigenvalue weighted by atomic mass is 19.3. The minimum atomic E-state index is -2.75. The van der Waals surface area contributed by atoms with E-state index in [0.29, 0.717) is 72.7 Å². The maximum Gasteiger partial charge on any atom is 0.296 e. The zero-order valence-corrected chi connectivity index (χ0v) is 20.0. The van der Waals surface area contributed by atoms with Crippen molar-refractivity contribution in [2.45, 2.75) is 50.2 Å². The lowest BCUT2D eigenvalue weighted by Crippen LogP contribution is -2.59. The lowest BCUT2D eigenvalue weighted by atomic mass is 9.52. The fourth-order valence-corrected chi connectivity index (χ4v) is 7.33. The summed E-state index contributed by atoms with van der Waals surface area (Å²) in [6.45, 7) is 2.41. The van der Waals surface area contributed by atoms with Crippen LogP contribution in [-0.2, 0) is 4.74 Å². The highest BCUT2D eigenvalue weighted by Crippen LogP contribution is 2.56. The predicted molar refractivity (Wildman–Crippen MR) is 131 cm³/mol. The van der Waals surface area contributed by atoms with E-state index in [2.05, 4.69) is 10.3 Å². The van der Waals surface area contributed by atoms with Crippen molar-refractivity contribution >= 4 is 22.8 Å². The molecule has 0 spiro atoms. The van der Waals surface area contributed by atoms with Crippen LogP contribution in [0, 0.1) is 17.8 Å². The molecule has 1 aromatic carbocycles. The first-order chi connectivity index (χ1) is 17.5. The molecule has 10 heteroatoms. The molecule has 4 aliphatic carbocycles. The largest absolute Gasteiger partial charge is 0.390 e. The third kappa shape index (κ3) is 3.73. The van der Waals surface area contributed by atoms with Gasteiger partial charge in [0.1, 0.15) is 11.6 Å². The molecule has 1 saturated heterocycles. The number of rotatable bonds is 5. The second kappa shape index (κ2) is 8.34. The van der Waals surface area contributed by atoms with Crippen molar-refractivity contribution in [2.75, 3.05) is 36.5 Å². The number of fused-ring (bicyclic) bond motifs is 1. The molecule has 0 amide bonds. The zero-order chi connectivity index (χ0) is 24.4. The van der Waals surface area contributed by atoms with Crippen molar-refractivity contribution in [3.05, 3.63) is 36.2 Å². The topological polar surface area (TPSA) is 88.3 Å². The average molecular weight is 497 g/mol. The van der Waals surface area contributed by atoms with E-state index >= 15 is 0 Å². The van der Waals surface area contributed by atoms with E-state index in [9.17, 15) is 13.9 Å². The van der Waals surface area contributed by atoms with Gasteiger partial charge in [0.25, 0.3) is 6.43 Å². The molecule has 2 N–H and O–H groups in total. The highest BCUT2D eigenvalue weighted by molar-refractivity contribution is 5.78. The van der Waals surface area contributed by atoms with Gasteiger partial charge in [-0.3, -0.25) is 4.57 Å². The van der Waals surface area contributed by atoms with E-state index in [-0.39, 0.29) is 11.9 Å². The van der Waals surface area contributed by atoms with E-state index < -0.39 is 12.0 Å². The third-order valence-electron chi connectivity index (χ3n) is 8.56. The van der Waals surface area contributed by atoms with Crippen LogP contribution in [0.5, 0.6) is 0 Å². The fourth-order valence-electron chi connectivity index (χ4n) is 7.33. The summed E-state index contributed by atoms with van der Waals surface area (Å²) >= 11 is 0. The Hall–Kier alpha value is -2.85. The molecule has 5 fully saturated rings. The number of para-hydroxylation sites is 2. The van der Waals surface area contributed by atoms with E-state index in [4.69, 9.17) is 14.7 Å². The van der Waals surface area contributed by atoms with Crippen molar-refractivity contribution < 1.29 is 18.6 Å². The Labute approximate surface area is 207 Å². The summed E-state index contributed by atoms with van der Waals surface area (Å²) in [5.41, 5.74) is 0.567. The summed E-state index contributed by atoms with van der Waals surface area (Å²) in [6.07, 6.45) is 2.04. The SMILES string of the molecule is OC12CC3C[C@H](C1)C(Nc1cc(-n4c(C(F)F)nc5ccccc54)nc(N4CCOCC4)n1)[C@@H](C3)C2. The maximum absolute atomic E-state index is 14.1. The van der Waals surface area contributed by atoms with Crippen LogP contribution in [0.2, 0.25) is 0 Å². The minimum absolute atomic E-state index is 0.205. The number of ether oxygens (including phenoxy) is 1. The van der Waals surface area contributed by atoms with E-state index in [1.165, 1.54) is 4.57 Å². The molecule has 3 aromatic rings. The number of nitrogens with one attached hydrogen (secondary N) is 1. The lowest BCUT2D eigenvalue weighted by molar-refractivity contribution is -0.129. The molecule has 4 saturated carbocycles. The normalized spacial score (nSPS) is 31.5. The molecule has 3 heterocycles. The Bertz CT molecular complexity index is 1280. The van der Waals surface area contributed by atoms with Crippen LogP contribution >= 0.6 is 0 Å². The molecule has 8 nitrogen and oxygen atoms in total. The summed E-state index contributed by atoms with van der Waals surface area (Å²) in [5.74, 6) is 2.55. The minimum Gasteiger partial charge on any atom is -0.390 e. The van der Waals surface area contributed by atoms with Gasteiger partial charge in [0.05, 0.1) is 29.8 Å². The Morgan fingerprint density at radius 2 is 1.78 bits per heavy atom. The second-order valence-electron chi connectivity index (χ2n) is 11.0. The number of aromatic nitrogens is 4. The van der Waals surface area contributed by atoms with Crippen molar-refractivity contribution in [1.82, 2.24) is 19.5 Å². The quantitative estimate of drug-likeness (QED) is 0.553. The summed E-state index contributed by atoms with van der Waals surface area (Å²) < 4.78 is 35.2. The molecule has 36 heavy (non-hydrogen) atoms. The number of anilines is 2. The molecule has 4 bridgehead atoms. The maximum atomic E-state index is 14.1. The van der Waals surface area contributed by atoms with Crippen LogP contribution in [0.3, 0.4) is 0 Å². The fraction of sp³-hybridized carbons (Fsp3) is 0.577. The molecule has 8 rings (SSSR count). The molecule has 5 atom stereocenters. The van der Waals surface area contributed by atoms with Gasteiger partial charge in [-0.1, -0.05) is 12.1 Å². The van der Waals surface area contributed by atoms with Crippen LogP contribution in [0.25, 0.3) is 16.9 Å². The number of hydrogen-bond acceptors (Lipinski definition) is 7. The number of alkyl halides is 2. The Kier molecular flexibility index (Phi) is 5.18. The van der Waals surface area contributed by atoms with E-state index in [1.807, 2.05) is 11.0 Å². The van der Waals surface area contributed by atoms with E-state index in [0.717, 1.165) is 32.1 Å². The molecule has 1 aliphatic heterocycles. The van der Waals surface area contributed by atoms with Gasteiger partial charge in [-0.05, 0) is 62.0 Å². The Morgan fingerprint density at radius 1 is 1.03 bits per heavy atom. The van der Waals surface area contributed by atoms with Gasteiger partial charge < -0.3 is 20.1 Å². The first-order valence-corrected chi connectivity index (χ1v) is 12.9. The molecule has 0 radical (unpaired) electrons. The first-order valence-electron chi connectivity index (χ1n) is 12.9. The summed E-state index contributed by atoms with van der Waals surface area (Å²) in [5, 5.41) is 14.7. The standard InChI is InChI=1S/C26H30F2N6O2/c27-23(28)24-29-18-3-1-2-4-19(18)34(24)21-11-20(31-25(32-21)33-5-7-36-8-6-33)30-22-16-9-15-10-17(22)14-26(35,12-15)13-16/h1-4,11,15-17,22-23,35H,5-10,12-14H2,(H,30,31,32)/t15?,16-,17+,22?,26?. The summed E-state index contributed by atoms with van der Waals surface area (Å²) in [6, 6.07) is 9.11. The van der Waals surface area contributed by atoms with Gasteiger partial charge in [-0.15, -0.1) is 0 Å². The molecule has 2 aromatic heterocycles. The highest BCUT2D eigenvalue weighted by Gasteiger charge is 2.54. The van der Waals surface area contributed by atoms with Crippen LogP contribution in [0.15, 0.2) is 30.3 Å². The Morgan fingerprint density at radius 3 is 2.50 bits per heavy atom. The van der Waals surface area contributed by atoms with Crippen LogP contribution in [-0.4, -0.2) is 62.6 Å². The van der Waals surface area contributed by atoms with Crippen LogP contribution in [0.4, 0.5) is 20.5 Å². The van der Waals surface area contributed by atoms with Gasteiger partial charge in [-0.25, -0.2) is 13.8 Å². The second-order valence-corrected chi connectivity index (χ2v) is 11.0. The van der Waals surface area contributed by atoms with Crippen molar-refractivity contribution in [3.63, 3.8) is 0 Å². The van der Waals surface area contributed by atoms with Gasteiger partial charge in [-0.2, -0.15) is 9.97 Å². The number of halogens is 2. The lowest BCUT2D eigenvalue weighted by Gasteiger charge is -2.58. The van der Waals surface area contributed by atoms with Gasteiger partial charge in [0, 0.05) is 25.2 Å². The molecule has 3 unspecified atom stereocenters. The number of imidazole rings is 1. The van der Waals surface area contributed by atoms with Gasteiger partial charge in [0.2, 0.25) is 5.95 Å². The molecule has 190 valence electrons. The Balaban J connectivity index is 1.31. The van der Waals surface area contributed by atoms with Crippen LogP contribution in [0.1, 0.15) is 44.4 Å².